The predicted octanol–water partition coefficient (Wildman–Crippen LogP) is 5.08. The van der Waals surface area contributed by atoms with Crippen molar-refractivity contribution in [2.75, 3.05) is 12.4 Å². The highest BCUT2D eigenvalue weighted by Crippen LogP contribution is 2.65. The summed E-state index contributed by atoms with van der Waals surface area (Å²) in [6, 6.07) is 6.84. The third-order valence-corrected chi connectivity index (χ3v) is 6.91. The Kier molecular flexibility index (Phi) is 3.32. The quantitative estimate of drug-likeness (QED) is 0.829. The number of benzene rings is 1. The van der Waals surface area contributed by atoms with Crippen LogP contribution in [-0.4, -0.2) is 13.2 Å². The van der Waals surface area contributed by atoms with Crippen molar-refractivity contribution < 1.29 is 4.74 Å². The molecule has 1 N–H and O–H groups in total. The molecule has 0 saturated heterocycles. The largest absolute Gasteiger partial charge is 0.496 e. The van der Waals surface area contributed by atoms with Gasteiger partial charge in [0.1, 0.15) is 5.75 Å². The van der Waals surface area contributed by atoms with Crippen molar-refractivity contribution >= 4 is 21.6 Å². The first kappa shape index (κ1) is 14.2. The van der Waals surface area contributed by atoms with Crippen LogP contribution >= 0.6 is 15.9 Å². The van der Waals surface area contributed by atoms with Crippen LogP contribution in [0.3, 0.4) is 0 Å². The molecule has 110 valence electrons. The summed E-state index contributed by atoms with van der Waals surface area (Å²) < 4.78 is 6.31. The van der Waals surface area contributed by atoms with Crippen molar-refractivity contribution in [1.29, 1.82) is 0 Å². The number of anilines is 1. The number of hydrogen-bond donors (Lipinski definition) is 1. The van der Waals surface area contributed by atoms with Gasteiger partial charge < -0.3 is 10.1 Å². The van der Waals surface area contributed by atoms with Gasteiger partial charge in [0.05, 0.1) is 11.6 Å². The number of methoxy groups -OCH3 is 1. The van der Waals surface area contributed by atoms with Crippen LogP contribution in [0.4, 0.5) is 5.69 Å². The van der Waals surface area contributed by atoms with Crippen LogP contribution in [0, 0.1) is 16.7 Å². The molecule has 2 bridgehead atoms. The van der Waals surface area contributed by atoms with Gasteiger partial charge in [-0.15, -0.1) is 0 Å². The lowest BCUT2D eigenvalue weighted by atomic mass is 9.69. The highest BCUT2D eigenvalue weighted by atomic mass is 79.9. The number of hydrogen-bond acceptors (Lipinski definition) is 2. The highest BCUT2D eigenvalue weighted by molar-refractivity contribution is 9.10. The number of halogens is 1. The zero-order chi connectivity index (χ0) is 14.5. The van der Waals surface area contributed by atoms with Crippen LogP contribution in [0.1, 0.15) is 40.0 Å². The van der Waals surface area contributed by atoms with Gasteiger partial charge in [-0.3, -0.25) is 0 Å². The Balaban J connectivity index is 1.81. The molecule has 0 heterocycles. The molecule has 3 atom stereocenters. The van der Waals surface area contributed by atoms with Crippen molar-refractivity contribution in [2.24, 2.45) is 16.7 Å². The summed E-state index contributed by atoms with van der Waals surface area (Å²) in [6.07, 6.45) is 4.04. The van der Waals surface area contributed by atoms with Gasteiger partial charge in [0, 0.05) is 11.7 Å². The molecule has 3 heteroatoms. The van der Waals surface area contributed by atoms with E-state index in [1.165, 1.54) is 24.9 Å². The van der Waals surface area contributed by atoms with E-state index in [4.69, 9.17) is 4.74 Å². The molecule has 20 heavy (non-hydrogen) atoms. The zero-order valence-corrected chi connectivity index (χ0v) is 14.4. The molecule has 2 saturated carbocycles. The fraction of sp³-hybridized carbons (Fsp3) is 0.647. The van der Waals surface area contributed by atoms with E-state index < -0.39 is 0 Å². The first-order valence-electron chi connectivity index (χ1n) is 7.48. The minimum atomic E-state index is 0.407. The van der Waals surface area contributed by atoms with Gasteiger partial charge in [0.2, 0.25) is 0 Å². The van der Waals surface area contributed by atoms with Crippen LogP contribution in [-0.2, 0) is 0 Å². The molecule has 0 aromatic heterocycles. The molecule has 0 amide bonds. The summed E-state index contributed by atoms with van der Waals surface area (Å²) in [6.45, 7) is 7.38. The highest BCUT2D eigenvalue weighted by Gasteiger charge is 2.61. The smallest absolute Gasteiger partial charge is 0.133 e. The summed E-state index contributed by atoms with van der Waals surface area (Å²) in [5.74, 6) is 1.75. The second-order valence-corrected chi connectivity index (χ2v) is 8.01. The van der Waals surface area contributed by atoms with Crippen LogP contribution in [0.2, 0.25) is 0 Å². The van der Waals surface area contributed by atoms with E-state index in [1.54, 1.807) is 7.11 Å². The Morgan fingerprint density at radius 2 is 2.05 bits per heavy atom. The fourth-order valence-electron chi connectivity index (χ4n) is 4.38. The van der Waals surface area contributed by atoms with Gasteiger partial charge in [0.15, 0.2) is 0 Å². The Labute approximate surface area is 130 Å². The number of ether oxygens (including phenoxy) is 1. The molecule has 2 aliphatic carbocycles. The van der Waals surface area contributed by atoms with E-state index in [2.05, 4.69) is 54.2 Å². The molecule has 2 nitrogen and oxygen atoms in total. The molecular formula is C17H24BrNO. The predicted molar refractivity (Wildman–Crippen MR) is 87.3 cm³/mol. The molecular weight excluding hydrogens is 314 g/mol. The first-order chi connectivity index (χ1) is 9.38. The Hall–Kier alpha value is -0.700. The van der Waals surface area contributed by atoms with E-state index in [0.717, 1.165) is 16.1 Å². The molecule has 2 fully saturated rings. The zero-order valence-electron chi connectivity index (χ0n) is 12.8. The van der Waals surface area contributed by atoms with Crippen LogP contribution in [0.25, 0.3) is 0 Å². The normalized spacial score (nSPS) is 34.2. The monoisotopic (exact) mass is 337 g/mol. The average Bonchev–Trinajstić information content (AvgIpc) is 2.72. The van der Waals surface area contributed by atoms with Crippen LogP contribution < -0.4 is 10.1 Å². The molecule has 1 aromatic carbocycles. The maximum atomic E-state index is 5.30. The second kappa shape index (κ2) is 4.66. The minimum Gasteiger partial charge on any atom is -0.496 e. The van der Waals surface area contributed by atoms with E-state index >= 15 is 0 Å². The maximum Gasteiger partial charge on any atom is 0.133 e. The van der Waals surface area contributed by atoms with Crippen molar-refractivity contribution in [3.63, 3.8) is 0 Å². The lowest BCUT2D eigenvalue weighted by Gasteiger charge is -2.40. The third-order valence-electron chi connectivity index (χ3n) is 6.29. The summed E-state index contributed by atoms with van der Waals surface area (Å²) in [5.41, 5.74) is 2.05. The van der Waals surface area contributed by atoms with E-state index in [0.29, 0.717) is 16.9 Å². The molecule has 1 aromatic rings. The lowest BCUT2D eigenvalue weighted by molar-refractivity contribution is 0.142. The molecule has 3 unspecified atom stereocenters. The fourth-order valence-corrected chi connectivity index (χ4v) is 4.92. The number of rotatable bonds is 3. The van der Waals surface area contributed by atoms with E-state index in [1.807, 2.05) is 6.07 Å². The third kappa shape index (κ3) is 1.89. The molecule has 3 rings (SSSR count). The Morgan fingerprint density at radius 3 is 2.55 bits per heavy atom. The second-order valence-electron chi connectivity index (χ2n) is 7.16. The summed E-state index contributed by atoms with van der Waals surface area (Å²) >= 11 is 3.57. The van der Waals surface area contributed by atoms with E-state index in [9.17, 15) is 0 Å². The van der Waals surface area contributed by atoms with Gasteiger partial charge in [-0.25, -0.2) is 0 Å². The molecule has 0 radical (unpaired) electrons. The van der Waals surface area contributed by atoms with Gasteiger partial charge >= 0.3 is 0 Å². The van der Waals surface area contributed by atoms with Crippen molar-refractivity contribution in [2.45, 2.75) is 46.1 Å². The summed E-state index contributed by atoms with van der Waals surface area (Å²) in [5, 5.41) is 3.77. The summed E-state index contributed by atoms with van der Waals surface area (Å²) in [4.78, 5) is 0. The average molecular weight is 338 g/mol. The van der Waals surface area contributed by atoms with Gasteiger partial charge in [0.25, 0.3) is 0 Å². The molecule has 2 aliphatic rings. The summed E-state index contributed by atoms with van der Waals surface area (Å²) in [7, 11) is 1.70. The van der Waals surface area contributed by atoms with Crippen molar-refractivity contribution in [3.8, 4) is 5.75 Å². The van der Waals surface area contributed by atoms with Crippen LogP contribution in [0.15, 0.2) is 22.7 Å². The molecule has 0 spiro atoms. The maximum absolute atomic E-state index is 5.30. The first-order valence-corrected chi connectivity index (χ1v) is 8.28. The Morgan fingerprint density at radius 1 is 1.30 bits per heavy atom. The lowest BCUT2D eigenvalue weighted by Crippen LogP contribution is -2.40. The van der Waals surface area contributed by atoms with Gasteiger partial charge in [-0.1, -0.05) is 20.8 Å². The Bertz CT molecular complexity index is 528. The topological polar surface area (TPSA) is 21.3 Å². The van der Waals surface area contributed by atoms with Crippen molar-refractivity contribution in [3.05, 3.63) is 22.7 Å². The minimum absolute atomic E-state index is 0.407. The van der Waals surface area contributed by atoms with Crippen molar-refractivity contribution in [1.82, 2.24) is 0 Å². The molecule has 0 aliphatic heterocycles. The van der Waals surface area contributed by atoms with E-state index in [-0.39, 0.29) is 0 Å². The number of nitrogens with one attached hydrogen (secondary N) is 1. The SMILES string of the molecule is COc1ccc(NC2CC3CCC2(C)C3(C)C)cc1Br. The van der Waals surface area contributed by atoms with Gasteiger partial charge in [-0.05, 0) is 70.1 Å². The number of fused-ring (bicyclic) bond motifs is 2. The standard InChI is InChI=1S/C17H24BrNO/c1-16(2)11-7-8-17(16,3)15(9-11)19-12-5-6-14(20-4)13(18)10-12/h5-6,10-11,15,19H,7-9H2,1-4H3. The van der Waals surface area contributed by atoms with Crippen LogP contribution in [0.5, 0.6) is 5.75 Å². The van der Waals surface area contributed by atoms with Gasteiger partial charge in [-0.2, -0.15) is 0 Å².